The van der Waals surface area contributed by atoms with Gasteiger partial charge < -0.3 is 4.90 Å². The van der Waals surface area contributed by atoms with E-state index in [9.17, 15) is 18.0 Å². The van der Waals surface area contributed by atoms with Crippen molar-refractivity contribution in [2.75, 3.05) is 6.54 Å². The predicted molar refractivity (Wildman–Crippen MR) is 81.2 cm³/mol. The molecule has 1 saturated heterocycles. The minimum absolute atomic E-state index is 0.0813. The molecule has 4 nitrogen and oxygen atoms in total. The van der Waals surface area contributed by atoms with Crippen molar-refractivity contribution in [1.29, 1.82) is 0 Å². The maximum atomic E-state index is 12.8. The highest BCUT2D eigenvalue weighted by molar-refractivity contribution is 5.95. The molecule has 1 aliphatic heterocycles. The molecule has 0 spiro atoms. The van der Waals surface area contributed by atoms with Gasteiger partial charge in [0.1, 0.15) is 5.69 Å². The zero-order chi connectivity index (χ0) is 17.3. The first kappa shape index (κ1) is 16.4. The van der Waals surface area contributed by atoms with Gasteiger partial charge in [-0.1, -0.05) is 0 Å². The molecule has 0 aromatic carbocycles. The molecule has 1 atom stereocenters. The number of carbonyl (C=O) groups excluding carboxylic acids is 1. The Hall–Kier alpha value is -2.44. The molecule has 3 heterocycles. The zero-order valence-electron chi connectivity index (χ0n) is 13.0. The molecule has 0 bridgehead atoms. The van der Waals surface area contributed by atoms with Crippen LogP contribution in [0.15, 0.2) is 36.7 Å². The second kappa shape index (κ2) is 6.22. The lowest BCUT2D eigenvalue weighted by Crippen LogP contribution is -2.31. The van der Waals surface area contributed by atoms with Crippen LogP contribution in [0, 0.1) is 6.92 Å². The summed E-state index contributed by atoms with van der Waals surface area (Å²) in [5, 5.41) is 0. The van der Waals surface area contributed by atoms with E-state index in [0.717, 1.165) is 24.5 Å². The number of likely N-dealkylation sites (tertiary alicyclic amines) is 1. The summed E-state index contributed by atoms with van der Waals surface area (Å²) in [4.78, 5) is 22.0. The Balaban J connectivity index is 1.89. The Kier molecular flexibility index (Phi) is 4.26. The number of rotatable bonds is 2. The molecule has 1 aliphatic rings. The summed E-state index contributed by atoms with van der Waals surface area (Å²) in [6.07, 6.45) is 0.497. The lowest BCUT2D eigenvalue weighted by molar-refractivity contribution is -0.141. The summed E-state index contributed by atoms with van der Waals surface area (Å²) in [7, 11) is 0. The number of carbonyl (C=O) groups is 1. The lowest BCUT2D eigenvalue weighted by atomic mass is 10.0. The fourth-order valence-electron chi connectivity index (χ4n) is 3.04. The van der Waals surface area contributed by atoms with Gasteiger partial charge in [0.05, 0.1) is 17.3 Å². The molecular weight excluding hydrogens is 319 g/mol. The van der Waals surface area contributed by atoms with E-state index >= 15 is 0 Å². The Morgan fingerprint density at radius 3 is 2.54 bits per heavy atom. The van der Waals surface area contributed by atoms with Crippen LogP contribution in [-0.2, 0) is 6.18 Å². The van der Waals surface area contributed by atoms with Gasteiger partial charge in [-0.15, -0.1) is 0 Å². The Morgan fingerprint density at radius 2 is 1.92 bits per heavy atom. The third-order valence-electron chi connectivity index (χ3n) is 4.21. The molecule has 3 rings (SSSR count). The SMILES string of the molecule is Cc1nc(C(F)(F)F)ccc1C(=O)N1CCC[C@@H]1c1ccncc1. The molecule has 1 fully saturated rings. The van der Waals surface area contributed by atoms with Crippen LogP contribution in [0.1, 0.15) is 46.2 Å². The topological polar surface area (TPSA) is 46.1 Å². The number of halogens is 3. The summed E-state index contributed by atoms with van der Waals surface area (Å²) < 4.78 is 38.2. The van der Waals surface area contributed by atoms with Crippen molar-refractivity contribution in [3.8, 4) is 0 Å². The molecule has 0 aliphatic carbocycles. The Bertz CT molecular complexity index is 746. The average Bonchev–Trinajstić information content (AvgIpc) is 3.03. The number of hydrogen-bond donors (Lipinski definition) is 0. The van der Waals surface area contributed by atoms with Crippen LogP contribution in [0.3, 0.4) is 0 Å². The summed E-state index contributed by atoms with van der Waals surface area (Å²) in [6, 6.07) is 5.71. The van der Waals surface area contributed by atoms with Crippen molar-refractivity contribution < 1.29 is 18.0 Å². The van der Waals surface area contributed by atoms with Crippen LogP contribution in [-0.4, -0.2) is 27.3 Å². The zero-order valence-corrected chi connectivity index (χ0v) is 13.0. The van der Waals surface area contributed by atoms with Crippen molar-refractivity contribution in [2.45, 2.75) is 32.0 Å². The van der Waals surface area contributed by atoms with Gasteiger partial charge in [0.2, 0.25) is 0 Å². The first-order valence-electron chi connectivity index (χ1n) is 7.63. The first-order valence-corrected chi connectivity index (χ1v) is 7.63. The number of nitrogens with zero attached hydrogens (tertiary/aromatic N) is 3. The van der Waals surface area contributed by atoms with Gasteiger partial charge in [-0.25, -0.2) is 4.98 Å². The van der Waals surface area contributed by atoms with Crippen LogP contribution in [0.4, 0.5) is 13.2 Å². The predicted octanol–water partition coefficient (Wildman–Crippen LogP) is 3.78. The number of aromatic nitrogens is 2. The quantitative estimate of drug-likeness (QED) is 0.839. The summed E-state index contributed by atoms with van der Waals surface area (Å²) in [6.45, 7) is 2.01. The molecule has 0 radical (unpaired) electrons. The fourth-order valence-corrected chi connectivity index (χ4v) is 3.04. The number of hydrogen-bond acceptors (Lipinski definition) is 3. The minimum Gasteiger partial charge on any atom is -0.332 e. The van der Waals surface area contributed by atoms with Crippen molar-refractivity contribution in [2.24, 2.45) is 0 Å². The minimum atomic E-state index is -4.51. The second-order valence-electron chi connectivity index (χ2n) is 5.76. The molecule has 1 amide bonds. The lowest BCUT2D eigenvalue weighted by Gasteiger charge is -2.25. The molecule has 2 aromatic heterocycles. The van der Waals surface area contributed by atoms with Gasteiger partial charge in [0.25, 0.3) is 5.91 Å². The van der Waals surface area contributed by atoms with Crippen LogP contribution < -0.4 is 0 Å². The van der Waals surface area contributed by atoms with Crippen LogP contribution in [0.2, 0.25) is 0 Å². The van der Waals surface area contributed by atoms with E-state index in [1.807, 2.05) is 12.1 Å². The van der Waals surface area contributed by atoms with E-state index in [2.05, 4.69) is 9.97 Å². The molecule has 0 saturated carbocycles. The van der Waals surface area contributed by atoms with Gasteiger partial charge in [-0.2, -0.15) is 13.2 Å². The van der Waals surface area contributed by atoms with Gasteiger partial charge in [-0.05, 0) is 49.6 Å². The van der Waals surface area contributed by atoms with Crippen LogP contribution in [0.25, 0.3) is 0 Å². The highest BCUT2D eigenvalue weighted by Gasteiger charge is 2.35. The van der Waals surface area contributed by atoms with E-state index in [1.165, 1.54) is 13.0 Å². The average molecular weight is 335 g/mol. The molecule has 126 valence electrons. The van der Waals surface area contributed by atoms with Gasteiger partial charge in [0, 0.05) is 18.9 Å². The van der Waals surface area contributed by atoms with E-state index < -0.39 is 11.9 Å². The number of amides is 1. The monoisotopic (exact) mass is 335 g/mol. The fraction of sp³-hybridized carbons (Fsp3) is 0.353. The molecule has 0 N–H and O–H groups in total. The van der Waals surface area contributed by atoms with Gasteiger partial charge in [-0.3, -0.25) is 9.78 Å². The first-order chi connectivity index (χ1) is 11.4. The number of aryl methyl sites for hydroxylation is 1. The number of alkyl halides is 3. The van der Waals surface area contributed by atoms with E-state index in [1.54, 1.807) is 17.3 Å². The maximum absolute atomic E-state index is 12.8. The van der Waals surface area contributed by atoms with Crippen molar-refractivity contribution in [1.82, 2.24) is 14.9 Å². The smallest absolute Gasteiger partial charge is 0.332 e. The third-order valence-corrected chi connectivity index (χ3v) is 4.21. The van der Waals surface area contributed by atoms with E-state index in [4.69, 9.17) is 0 Å². The maximum Gasteiger partial charge on any atom is 0.433 e. The highest BCUT2D eigenvalue weighted by Crippen LogP contribution is 2.34. The van der Waals surface area contributed by atoms with Crippen molar-refractivity contribution in [3.05, 3.63) is 59.2 Å². The molecule has 7 heteroatoms. The van der Waals surface area contributed by atoms with Gasteiger partial charge in [0.15, 0.2) is 0 Å². The third kappa shape index (κ3) is 3.11. The van der Waals surface area contributed by atoms with E-state index in [-0.39, 0.29) is 23.2 Å². The Morgan fingerprint density at radius 1 is 1.21 bits per heavy atom. The van der Waals surface area contributed by atoms with Crippen molar-refractivity contribution >= 4 is 5.91 Å². The second-order valence-corrected chi connectivity index (χ2v) is 5.76. The summed E-state index contributed by atoms with van der Waals surface area (Å²) in [5.74, 6) is -0.284. The molecular formula is C17H16F3N3O. The molecule has 2 aromatic rings. The van der Waals surface area contributed by atoms with E-state index in [0.29, 0.717) is 6.54 Å². The largest absolute Gasteiger partial charge is 0.433 e. The number of pyridine rings is 2. The van der Waals surface area contributed by atoms with Crippen LogP contribution >= 0.6 is 0 Å². The van der Waals surface area contributed by atoms with Crippen LogP contribution in [0.5, 0.6) is 0 Å². The standard InChI is InChI=1S/C17H16F3N3O/c1-11-13(4-5-15(22-11)17(18,19)20)16(24)23-10-2-3-14(23)12-6-8-21-9-7-12/h4-9,14H,2-3,10H2,1H3/t14-/m1/s1. The summed E-state index contributed by atoms with van der Waals surface area (Å²) in [5.41, 5.74) is 0.302. The molecule has 24 heavy (non-hydrogen) atoms. The summed E-state index contributed by atoms with van der Waals surface area (Å²) >= 11 is 0. The molecule has 0 unspecified atom stereocenters. The van der Waals surface area contributed by atoms with Gasteiger partial charge >= 0.3 is 6.18 Å². The Labute approximate surface area is 137 Å². The van der Waals surface area contributed by atoms with Crippen molar-refractivity contribution in [3.63, 3.8) is 0 Å². The highest BCUT2D eigenvalue weighted by atomic mass is 19.4. The normalized spacial score (nSPS) is 18.0.